The van der Waals surface area contributed by atoms with Crippen molar-refractivity contribution in [2.24, 2.45) is 4.99 Å². The van der Waals surface area contributed by atoms with Crippen LogP contribution in [0.1, 0.15) is 36.2 Å². The van der Waals surface area contributed by atoms with Gasteiger partial charge in [0.05, 0.1) is 7.11 Å². The third-order valence-corrected chi connectivity index (χ3v) is 4.58. The number of fused-ring (bicyclic) bond motifs is 1. The van der Waals surface area contributed by atoms with Crippen molar-refractivity contribution in [3.05, 3.63) is 69.6 Å². The lowest BCUT2D eigenvalue weighted by molar-refractivity contribution is 0.0897. The molecule has 0 aliphatic carbocycles. The second kappa shape index (κ2) is 8.25. The van der Waals surface area contributed by atoms with E-state index in [0.717, 1.165) is 10.9 Å². The number of benzene rings is 1. The van der Waals surface area contributed by atoms with Gasteiger partial charge in [-0.25, -0.2) is 4.79 Å². The maximum atomic E-state index is 12.7. The van der Waals surface area contributed by atoms with Crippen LogP contribution in [0.3, 0.4) is 0 Å². The van der Waals surface area contributed by atoms with Crippen LogP contribution in [0.25, 0.3) is 11.0 Å². The quantitative estimate of drug-likeness (QED) is 0.635. The summed E-state index contributed by atoms with van der Waals surface area (Å²) < 4.78 is 12.2. The van der Waals surface area contributed by atoms with Crippen molar-refractivity contribution in [2.75, 3.05) is 7.11 Å². The Labute approximate surface area is 163 Å². The van der Waals surface area contributed by atoms with Crippen LogP contribution in [0.2, 0.25) is 0 Å². The van der Waals surface area contributed by atoms with Gasteiger partial charge in [-0.3, -0.25) is 14.4 Å². The Morgan fingerprint density at radius 1 is 1.25 bits per heavy atom. The van der Waals surface area contributed by atoms with E-state index in [2.05, 4.69) is 4.99 Å². The average Bonchev–Trinajstić information content (AvgIpc) is 2.67. The summed E-state index contributed by atoms with van der Waals surface area (Å²) in [5.74, 6) is 0.508. The van der Waals surface area contributed by atoms with Crippen LogP contribution in [0.4, 0.5) is 0 Å². The van der Waals surface area contributed by atoms with Crippen molar-refractivity contribution in [3.8, 4) is 5.75 Å². The number of aromatic nitrogens is 1. The summed E-state index contributed by atoms with van der Waals surface area (Å²) in [6, 6.07) is 10.9. The molecule has 0 unspecified atom stereocenters. The Morgan fingerprint density at radius 3 is 2.75 bits per heavy atom. The standard InChI is InChI=1S/C22H24N2O4/c1-14(2)23-20-7-5-6-12-24(20)21(25)11-10-18-15(3)17-9-8-16(27-4)13-19(17)28-22(18)26/h5-9,12-14H,10-11H2,1-4H3. The SMILES string of the molecule is COc1ccc2c(C)c(CCC(=O)n3ccccc3=NC(C)C)c(=O)oc2c1. The minimum atomic E-state index is -0.420. The van der Waals surface area contributed by atoms with Gasteiger partial charge < -0.3 is 9.15 Å². The number of carbonyl (C=O) groups excluding carboxylic acids is 1. The van der Waals surface area contributed by atoms with Crippen LogP contribution in [-0.4, -0.2) is 23.6 Å². The van der Waals surface area contributed by atoms with E-state index in [1.807, 2.05) is 39.0 Å². The zero-order valence-electron chi connectivity index (χ0n) is 16.6. The van der Waals surface area contributed by atoms with Crippen molar-refractivity contribution >= 4 is 16.9 Å². The van der Waals surface area contributed by atoms with Gasteiger partial charge in [0.1, 0.15) is 16.8 Å². The molecule has 0 saturated carbocycles. The van der Waals surface area contributed by atoms with E-state index >= 15 is 0 Å². The largest absolute Gasteiger partial charge is 0.497 e. The summed E-state index contributed by atoms with van der Waals surface area (Å²) in [6.45, 7) is 5.79. The first kappa shape index (κ1) is 19.6. The molecule has 0 fully saturated rings. The predicted octanol–water partition coefficient (Wildman–Crippen LogP) is 3.49. The average molecular weight is 380 g/mol. The maximum Gasteiger partial charge on any atom is 0.339 e. The third-order valence-electron chi connectivity index (χ3n) is 4.58. The van der Waals surface area contributed by atoms with Crippen molar-refractivity contribution in [2.45, 2.75) is 39.7 Å². The van der Waals surface area contributed by atoms with Crippen molar-refractivity contribution in [1.29, 1.82) is 0 Å². The van der Waals surface area contributed by atoms with E-state index in [4.69, 9.17) is 9.15 Å². The van der Waals surface area contributed by atoms with Gasteiger partial charge in [0, 0.05) is 35.7 Å². The molecule has 146 valence electrons. The zero-order valence-corrected chi connectivity index (χ0v) is 16.6. The van der Waals surface area contributed by atoms with Crippen LogP contribution in [-0.2, 0) is 6.42 Å². The normalized spacial score (nSPS) is 12.0. The number of hydrogen-bond acceptors (Lipinski definition) is 5. The number of pyridine rings is 1. The molecule has 0 atom stereocenters. The summed E-state index contributed by atoms with van der Waals surface area (Å²) in [5.41, 5.74) is 2.01. The molecule has 0 saturated heterocycles. The fraction of sp³-hybridized carbons (Fsp3) is 0.318. The molecular weight excluding hydrogens is 356 g/mol. The van der Waals surface area contributed by atoms with Gasteiger partial charge in [0.15, 0.2) is 0 Å². The lowest BCUT2D eigenvalue weighted by Gasteiger charge is -2.10. The minimum absolute atomic E-state index is 0.0771. The molecular formula is C22H24N2O4. The van der Waals surface area contributed by atoms with Gasteiger partial charge in [-0.05, 0) is 57.0 Å². The zero-order chi connectivity index (χ0) is 20.3. The topological polar surface area (TPSA) is 73.8 Å². The van der Waals surface area contributed by atoms with Crippen LogP contribution < -0.4 is 15.9 Å². The second-order valence-electron chi connectivity index (χ2n) is 6.90. The Balaban J connectivity index is 1.90. The summed E-state index contributed by atoms with van der Waals surface area (Å²) in [6.07, 6.45) is 2.19. The van der Waals surface area contributed by atoms with Gasteiger partial charge >= 0.3 is 5.63 Å². The highest BCUT2D eigenvalue weighted by molar-refractivity contribution is 5.83. The molecule has 6 nitrogen and oxygen atoms in total. The number of hydrogen-bond donors (Lipinski definition) is 0. The highest BCUT2D eigenvalue weighted by Crippen LogP contribution is 2.24. The fourth-order valence-corrected chi connectivity index (χ4v) is 3.16. The van der Waals surface area contributed by atoms with Crippen LogP contribution in [0.5, 0.6) is 5.75 Å². The second-order valence-corrected chi connectivity index (χ2v) is 6.90. The van der Waals surface area contributed by atoms with E-state index < -0.39 is 5.63 Å². The third kappa shape index (κ3) is 4.06. The molecule has 0 aliphatic heterocycles. The van der Waals surface area contributed by atoms with Gasteiger partial charge in [0.2, 0.25) is 5.91 Å². The summed E-state index contributed by atoms with van der Waals surface area (Å²) in [7, 11) is 1.56. The maximum absolute atomic E-state index is 12.7. The summed E-state index contributed by atoms with van der Waals surface area (Å²) >= 11 is 0. The number of nitrogens with zero attached hydrogens (tertiary/aromatic N) is 2. The monoisotopic (exact) mass is 380 g/mol. The van der Waals surface area contributed by atoms with E-state index in [1.165, 1.54) is 4.57 Å². The van der Waals surface area contributed by atoms with Crippen LogP contribution >= 0.6 is 0 Å². The number of ether oxygens (including phenoxy) is 1. The van der Waals surface area contributed by atoms with Crippen LogP contribution in [0.15, 0.2) is 56.8 Å². The molecule has 3 aromatic rings. The number of methoxy groups -OCH3 is 1. The number of carbonyl (C=O) groups is 1. The molecule has 0 spiro atoms. The molecule has 1 aromatic carbocycles. The Kier molecular flexibility index (Phi) is 5.78. The van der Waals surface area contributed by atoms with Gasteiger partial charge in [-0.2, -0.15) is 0 Å². The molecule has 0 amide bonds. The fourth-order valence-electron chi connectivity index (χ4n) is 3.16. The van der Waals surface area contributed by atoms with Gasteiger partial charge in [-0.15, -0.1) is 0 Å². The highest BCUT2D eigenvalue weighted by atomic mass is 16.5. The lowest BCUT2D eigenvalue weighted by atomic mass is 10.0. The summed E-state index contributed by atoms with van der Waals surface area (Å²) in [5, 5.41) is 0.839. The Morgan fingerprint density at radius 2 is 2.04 bits per heavy atom. The summed E-state index contributed by atoms with van der Waals surface area (Å²) in [4.78, 5) is 29.7. The van der Waals surface area contributed by atoms with Gasteiger partial charge in [0.25, 0.3) is 0 Å². The van der Waals surface area contributed by atoms with E-state index in [1.54, 1.807) is 31.5 Å². The van der Waals surface area contributed by atoms with E-state index in [-0.39, 0.29) is 18.4 Å². The molecule has 0 aliphatic rings. The first-order valence-corrected chi connectivity index (χ1v) is 9.25. The number of aryl methyl sites for hydroxylation is 1. The van der Waals surface area contributed by atoms with Crippen LogP contribution in [0, 0.1) is 6.92 Å². The molecule has 6 heteroatoms. The van der Waals surface area contributed by atoms with Crippen molar-refractivity contribution < 1.29 is 13.9 Å². The Bertz CT molecular complexity index is 1140. The molecule has 3 rings (SSSR count). The van der Waals surface area contributed by atoms with E-state index in [0.29, 0.717) is 28.8 Å². The molecule has 2 heterocycles. The molecule has 0 bridgehead atoms. The minimum Gasteiger partial charge on any atom is -0.497 e. The van der Waals surface area contributed by atoms with Gasteiger partial charge in [-0.1, -0.05) is 6.07 Å². The molecule has 0 radical (unpaired) electrons. The first-order valence-electron chi connectivity index (χ1n) is 9.25. The van der Waals surface area contributed by atoms with Crippen molar-refractivity contribution in [1.82, 2.24) is 4.57 Å². The molecule has 28 heavy (non-hydrogen) atoms. The lowest BCUT2D eigenvalue weighted by Crippen LogP contribution is -2.28. The van der Waals surface area contributed by atoms with E-state index in [9.17, 15) is 9.59 Å². The highest BCUT2D eigenvalue weighted by Gasteiger charge is 2.14. The first-order chi connectivity index (χ1) is 13.4. The van der Waals surface area contributed by atoms with Crippen molar-refractivity contribution in [3.63, 3.8) is 0 Å². The molecule has 0 N–H and O–H groups in total. The predicted molar refractivity (Wildman–Crippen MR) is 108 cm³/mol. The Hall–Kier alpha value is -3.15. The smallest absolute Gasteiger partial charge is 0.339 e. The number of rotatable bonds is 5. The molecule has 2 aromatic heterocycles.